The molecule has 300 valence electrons. The maximum absolute atomic E-state index is 12.8. The molecule has 0 bridgehead atoms. The zero-order valence-corrected chi connectivity index (χ0v) is 34.7. The molecule has 0 saturated heterocycles. The first kappa shape index (κ1) is 49.9. The largest absolute Gasteiger partial charge is 0.472 e. The van der Waals surface area contributed by atoms with Gasteiger partial charge in [0.15, 0.2) is 0 Å². The van der Waals surface area contributed by atoms with Crippen molar-refractivity contribution in [1.82, 2.24) is 5.32 Å². The average molecular weight is 750 g/mol. The van der Waals surface area contributed by atoms with Crippen molar-refractivity contribution in [2.75, 3.05) is 40.9 Å². The van der Waals surface area contributed by atoms with Crippen molar-refractivity contribution in [3.05, 3.63) is 72.9 Å². The number of nitrogens with zero attached hydrogens (tertiary/aromatic N) is 1. The predicted molar refractivity (Wildman–Crippen MR) is 221 cm³/mol. The Balaban J connectivity index is 4.60. The van der Waals surface area contributed by atoms with Crippen LogP contribution in [0.1, 0.15) is 142 Å². The molecule has 0 heterocycles. The van der Waals surface area contributed by atoms with E-state index in [4.69, 9.17) is 9.05 Å². The molecule has 3 unspecified atom stereocenters. The van der Waals surface area contributed by atoms with E-state index in [1.54, 1.807) is 6.08 Å². The molecule has 0 aromatic rings. The molecular weight excluding hydrogens is 671 g/mol. The molecule has 0 rings (SSSR count). The topological polar surface area (TPSA) is 105 Å². The first-order chi connectivity index (χ1) is 25.0. The third kappa shape index (κ3) is 36.3. The minimum atomic E-state index is -4.35. The number of allylic oxidation sites excluding steroid dienone is 11. The van der Waals surface area contributed by atoms with Gasteiger partial charge in [-0.15, -0.1) is 0 Å². The minimum Gasteiger partial charge on any atom is -0.387 e. The van der Waals surface area contributed by atoms with Crippen LogP contribution >= 0.6 is 7.82 Å². The van der Waals surface area contributed by atoms with E-state index in [2.05, 4.69) is 79.9 Å². The summed E-state index contributed by atoms with van der Waals surface area (Å²) in [6, 6.07) is -0.878. The highest BCUT2D eigenvalue weighted by molar-refractivity contribution is 7.47. The van der Waals surface area contributed by atoms with Gasteiger partial charge in [-0.25, -0.2) is 4.57 Å². The molecule has 0 aromatic heterocycles. The Labute approximate surface area is 319 Å². The molecule has 0 radical (unpaired) electrons. The van der Waals surface area contributed by atoms with E-state index < -0.39 is 20.0 Å². The number of hydrogen-bond acceptors (Lipinski definition) is 5. The van der Waals surface area contributed by atoms with E-state index >= 15 is 0 Å². The van der Waals surface area contributed by atoms with Gasteiger partial charge in [0.05, 0.1) is 39.9 Å². The van der Waals surface area contributed by atoms with Gasteiger partial charge in [-0.2, -0.15) is 0 Å². The van der Waals surface area contributed by atoms with Crippen molar-refractivity contribution >= 4 is 13.7 Å². The van der Waals surface area contributed by atoms with Crippen molar-refractivity contribution in [3.8, 4) is 0 Å². The summed E-state index contributed by atoms with van der Waals surface area (Å²) in [5.74, 6) is -0.216. The number of hydrogen-bond donors (Lipinski definition) is 3. The first-order valence-electron chi connectivity index (χ1n) is 20.3. The molecule has 0 aliphatic heterocycles. The second kappa shape index (κ2) is 34.7. The molecular formula is C43H78N2O6P+. The van der Waals surface area contributed by atoms with Crippen LogP contribution in [0.2, 0.25) is 0 Å². The van der Waals surface area contributed by atoms with Gasteiger partial charge in [-0.05, 0) is 70.6 Å². The Morgan fingerprint density at radius 2 is 1.17 bits per heavy atom. The Morgan fingerprint density at radius 3 is 1.77 bits per heavy atom. The summed E-state index contributed by atoms with van der Waals surface area (Å²) in [5, 5.41) is 13.7. The molecule has 9 heteroatoms. The van der Waals surface area contributed by atoms with Crippen LogP contribution in [0.15, 0.2) is 72.9 Å². The number of aliphatic hydroxyl groups is 1. The van der Waals surface area contributed by atoms with Crippen LogP contribution in [0.3, 0.4) is 0 Å². The monoisotopic (exact) mass is 750 g/mol. The summed E-state index contributed by atoms with van der Waals surface area (Å²) in [6.45, 7) is 4.61. The van der Waals surface area contributed by atoms with Gasteiger partial charge >= 0.3 is 7.82 Å². The van der Waals surface area contributed by atoms with Crippen molar-refractivity contribution in [1.29, 1.82) is 0 Å². The van der Waals surface area contributed by atoms with Gasteiger partial charge in [0.25, 0.3) is 0 Å². The van der Waals surface area contributed by atoms with E-state index in [1.165, 1.54) is 44.9 Å². The standard InChI is InChI=1S/C43H77N2O6P/c1-6-8-10-12-14-16-18-20-21-22-23-25-27-29-31-33-35-37-43(47)44-41(40-51-52(48,49)50-39-38-45(3,4)5)42(46)36-34-32-30-28-26-24-19-17-15-13-11-9-7-2/h8,10,14,16,20-21,23,25-26,28,34,36,41-42,46H,6-7,9,11-13,15,17-19,22,24,27,29-33,35,37-40H2,1-5H3,(H-,44,47,48,49)/p+1/b10-8-,16-14-,21-20-,25-23-,28-26+,36-34+. The van der Waals surface area contributed by atoms with Crippen molar-refractivity contribution in [3.63, 3.8) is 0 Å². The summed E-state index contributed by atoms with van der Waals surface area (Å²) in [7, 11) is 1.52. The van der Waals surface area contributed by atoms with Gasteiger partial charge < -0.3 is 19.8 Å². The molecule has 0 aliphatic rings. The molecule has 0 aliphatic carbocycles. The van der Waals surface area contributed by atoms with Crippen LogP contribution in [0.25, 0.3) is 0 Å². The van der Waals surface area contributed by atoms with Gasteiger partial charge in [-0.1, -0.05) is 138 Å². The number of amides is 1. The van der Waals surface area contributed by atoms with Crippen LogP contribution < -0.4 is 5.32 Å². The highest BCUT2D eigenvalue weighted by atomic mass is 31.2. The zero-order valence-electron chi connectivity index (χ0n) is 33.8. The predicted octanol–water partition coefficient (Wildman–Crippen LogP) is 10.9. The lowest BCUT2D eigenvalue weighted by molar-refractivity contribution is -0.870. The van der Waals surface area contributed by atoms with Gasteiger partial charge in [0.2, 0.25) is 5.91 Å². The molecule has 0 saturated carbocycles. The van der Waals surface area contributed by atoms with E-state index in [0.717, 1.165) is 77.0 Å². The maximum atomic E-state index is 12.8. The second-order valence-corrected chi connectivity index (χ2v) is 16.1. The van der Waals surface area contributed by atoms with Crippen LogP contribution in [0.4, 0.5) is 0 Å². The summed E-state index contributed by atoms with van der Waals surface area (Å²) in [6.07, 6.45) is 45.4. The van der Waals surface area contributed by atoms with Crippen molar-refractivity contribution in [2.45, 2.75) is 154 Å². The number of quaternary nitrogens is 1. The lowest BCUT2D eigenvalue weighted by Gasteiger charge is -2.25. The lowest BCUT2D eigenvalue weighted by atomic mass is 10.1. The second-order valence-electron chi connectivity index (χ2n) is 14.6. The fourth-order valence-corrected chi connectivity index (χ4v) is 5.90. The van der Waals surface area contributed by atoms with Gasteiger partial charge in [0, 0.05) is 6.42 Å². The SMILES string of the molecule is CC/C=C\C/C=C\C/C=C\C/C=C\CCCCCCC(=O)NC(COP(=O)(O)OCC[N+](C)(C)C)C(O)/C=C/CC/C=C/CCCCCCCCC. The van der Waals surface area contributed by atoms with Gasteiger partial charge in [0.1, 0.15) is 13.2 Å². The highest BCUT2D eigenvalue weighted by Gasteiger charge is 2.27. The number of carbonyl (C=O) groups is 1. The number of likely N-dealkylation sites (N-methyl/N-ethyl adjacent to an activating group) is 1. The smallest absolute Gasteiger partial charge is 0.387 e. The number of phosphoric ester groups is 1. The summed E-state index contributed by atoms with van der Waals surface area (Å²) in [4.78, 5) is 23.0. The lowest BCUT2D eigenvalue weighted by Crippen LogP contribution is -2.45. The number of phosphoric acid groups is 1. The molecule has 0 aromatic carbocycles. The Bertz CT molecular complexity index is 1080. The molecule has 8 nitrogen and oxygen atoms in total. The number of aliphatic hydroxyl groups excluding tert-OH is 1. The van der Waals surface area contributed by atoms with Crippen LogP contribution in [-0.4, -0.2) is 73.4 Å². The number of unbranched alkanes of at least 4 members (excludes halogenated alkanes) is 12. The Morgan fingerprint density at radius 1 is 0.673 bits per heavy atom. The third-order valence-electron chi connectivity index (χ3n) is 8.41. The van der Waals surface area contributed by atoms with Crippen LogP contribution in [0.5, 0.6) is 0 Å². The fourth-order valence-electron chi connectivity index (χ4n) is 5.16. The highest BCUT2D eigenvalue weighted by Crippen LogP contribution is 2.43. The van der Waals surface area contributed by atoms with E-state index in [-0.39, 0.29) is 19.1 Å². The fraction of sp³-hybridized carbons (Fsp3) is 0.698. The Hall–Kier alpha value is -2.06. The zero-order chi connectivity index (χ0) is 38.6. The quantitative estimate of drug-likeness (QED) is 0.0258. The van der Waals surface area contributed by atoms with E-state index in [1.807, 2.05) is 27.2 Å². The van der Waals surface area contributed by atoms with Gasteiger partial charge in [-0.3, -0.25) is 13.8 Å². The molecule has 0 fully saturated rings. The van der Waals surface area contributed by atoms with E-state index in [0.29, 0.717) is 17.4 Å². The van der Waals surface area contributed by atoms with Crippen LogP contribution in [-0.2, 0) is 18.4 Å². The van der Waals surface area contributed by atoms with Crippen molar-refractivity contribution in [2.24, 2.45) is 0 Å². The van der Waals surface area contributed by atoms with Crippen LogP contribution in [0, 0.1) is 0 Å². The summed E-state index contributed by atoms with van der Waals surface area (Å²) in [5.41, 5.74) is 0. The molecule has 0 spiro atoms. The van der Waals surface area contributed by atoms with E-state index in [9.17, 15) is 19.4 Å². The molecule has 52 heavy (non-hydrogen) atoms. The maximum Gasteiger partial charge on any atom is 0.472 e. The minimum absolute atomic E-state index is 0.0471. The third-order valence-corrected chi connectivity index (χ3v) is 9.39. The normalized spacial score (nSPS) is 15.3. The molecule has 3 atom stereocenters. The molecule has 1 amide bonds. The summed E-state index contributed by atoms with van der Waals surface area (Å²) >= 11 is 0. The number of carbonyl (C=O) groups excluding carboxylic acids is 1. The number of nitrogens with one attached hydrogen (secondary N) is 1. The average Bonchev–Trinajstić information content (AvgIpc) is 3.09. The molecule has 3 N–H and O–H groups in total. The summed E-state index contributed by atoms with van der Waals surface area (Å²) < 4.78 is 23.4. The number of rotatable bonds is 35. The first-order valence-corrected chi connectivity index (χ1v) is 21.8. The Kier molecular flexibility index (Phi) is 33.3. The van der Waals surface area contributed by atoms with Crippen molar-refractivity contribution < 1.29 is 32.9 Å².